The second-order valence-electron chi connectivity index (χ2n) is 6.63. The number of hydrogen-bond donors (Lipinski definition) is 1. The average Bonchev–Trinajstić information content (AvgIpc) is 3.18. The Morgan fingerprint density at radius 1 is 0.964 bits per heavy atom. The molecule has 0 aliphatic carbocycles. The topological polar surface area (TPSA) is 51.5 Å². The number of para-hydroxylation sites is 2. The van der Waals surface area contributed by atoms with Gasteiger partial charge in [-0.25, -0.2) is 0 Å². The molecule has 0 fully saturated rings. The molecule has 4 nitrogen and oxygen atoms in total. The highest BCUT2D eigenvalue weighted by molar-refractivity contribution is 5.80. The van der Waals surface area contributed by atoms with Gasteiger partial charge in [0.25, 0.3) is 5.91 Å². The Morgan fingerprint density at radius 3 is 2.50 bits per heavy atom. The second kappa shape index (κ2) is 8.01. The van der Waals surface area contributed by atoms with Gasteiger partial charge >= 0.3 is 0 Å². The van der Waals surface area contributed by atoms with Crippen molar-refractivity contribution in [2.45, 2.75) is 13.0 Å². The van der Waals surface area contributed by atoms with E-state index in [0.717, 1.165) is 27.9 Å². The summed E-state index contributed by atoms with van der Waals surface area (Å²) in [7, 11) is 0. The highest BCUT2D eigenvalue weighted by atomic mass is 16.5. The number of fused-ring (bicyclic) bond motifs is 1. The Kier molecular flexibility index (Phi) is 5.11. The van der Waals surface area contributed by atoms with Crippen LogP contribution in [0.2, 0.25) is 0 Å². The van der Waals surface area contributed by atoms with Gasteiger partial charge in [-0.2, -0.15) is 0 Å². The zero-order valence-corrected chi connectivity index (χ0v) is 15.6. The maximum absolute atomic E-state index is 12.4. The Hall–Kier alpha value is -3.53. The zero-order valence-electron chi connectivity index (χ0n) is 15.6. The molecule has 0 aliphatic heterocycles. The first-order valence-electron chi connectivity index (χ1n) is 9.26. The van der Waals surface area contributed by atoms with E-state index in [1.807, 2.05) is 91.9 Å². The van der Waals surface area contributed by atoms with Gasteiger partial charge < -0.3 is 14.5 Å². The molecule has 0 spiro atoms. The van der Waals surface area contributed by atoms with E-state index in [-0.39, 0.29) is 18.6 Å². The summed E-state index contributed by atoms with van der Waals surface area (Å²) in [6.07, 6.45) is 0. The molecule has 0 saturated carbocycles. The lowest BCUT2D eigenvalue weighted by Crippen LogP contribution is -2.31. The summed E-state index contributed by atoms with van der Waals surface area (Å²) >= 11 is 0. The summed E-state index contributed by atoms with van der Waals surface area (Å²) in [4.78, 5) is 12.4. The van der Waals surface area contributed by atoms with Crippen LogP contribution in [0.1, 0.15) is 18.7 Å². The van der Waals surface area contributed by atoms with Crippen molar-refractivity contribution in [1.82, 2.24) is 5.32 Å². The number of carbonyl (C=O) groups is 1. The van der Waals surface area contributed by atoms with Crippen molar-refractivity contribution in [2.24, 2.45) is 0 Å². The summed E-state index contributed by atoms with van der Waals surface area (Å²) in [5.74, 6) is 1.20. The van der Waals surface area contributed by atoms with E-state index in [4.69, 9.17) is 9.15 Å². The molecule has 0 aliphatic rings. The fraction of sp³-hybridized carbons (Fsp3) is 0.125. The molecule has 4 heteroatoms. The molecule has 0 radical (unpaired) electrons. The standard InChI is InChI=1S/C24H21NO3/c1-17(23-15-19-11-5-7-13-21(19)28-23)25-24(26)16-27-22-14-8-6-12-20(22)18-9-3-2-4-10-18/h2-15,17H,16H2,1H3,(H,25,26)/t17-/m0/s1. The van der Waals surface area contributed by atoms with Crippen LogP contribution >= 0.6 is 0 Å². The predicted molar refractivity (Wildman–Crippen MR) is 110 cm³/mol. The molecule has 4 rings (SSSR count). The molecule has 1 N–H and O–H groups in total. The van der Waals surface area contributed by atoms with Gasteiger partial charge in [0, 0.05) is 10.9 Å². The lowest BCUT2D eigenvalue weighted by atomic mass is 10.1. The van der Waals surface area contributed by atoms with E-state index in [1.54, 1.807) is 0 Å². The molecule has 0 saturated heterocycles. The van der Waals surface area contributed by atoms with Gasteiger partial charge in [0.05, 0.1) is 6.04 Å². The van der Waals surface area contributed by atoms with Crippen molar-refractivity contribution in [2.75, 3.05) is 6.61 Å². The highest BCUT2D eigenvalue weighted by Gasteiger charge is 2.15. The van der Waals surface area contributed by atoms with Crippen LogP contribution in [0.3, 0.4) is 0 Å². The maximum atomic E-state index is 12.4. The number of amides is 1. The van der Waals surface area contributed by atoms with Gasteiger partial charge in [-0.05, 0) is 30.7 Å². The normalized spacial score (nSPS) is 11.9. The smallest absolute Gasteiger partial charge is 0.258 e. The number of hydrogen-bond acceptors (Lipinski definition) is 3. The van der Waals surface area contributed by atoms with E-state index < -0.39 is 0 Å². The second-order valence-corrected chi connectivity index (χ2v) is 6.63. The SMILES string of the molecule is C[C@H](NC(=O)COc1ccccc1-c1ccccc1)c1cc2ccccc2o1. The Bertz CT molecular complexity index is 1050. The van der Waals surface area contributed by atoms with E-state index in [9.17, 15) is 4.79 Å². The van der Waals surface area contributed by atoms with Gasteiger partial charge in [-0.3, -0.25) is 4.79 Å². The minimum absolute atomic E-state index is 0.0611. The molecule has 1 amide bonds. The van der Waals surface area contributed by atoms with Crippen LogP contribution in [0.25, 0.3) is 22.1 Å². The van der Waals surface area contributed by atoms with Gasteiger partial charge in [0.1, 0.15) is 17.1 Å². The van der Waals surface area contributed by atoms with Gasteiger partial charge in [-0.1, -0.05) is 66.7 Å². The van der Waals surface area contributed by atoms with E-state index in [2.05, 4.69) is 5.32 Å². The van der Waals surface area contributed by atoms with Crippen molar-refractivity contribution in [3.63, 3.8) is 0 Å². The summed E-state index contributed by atoms with van der Waals surface area (Å²) in [5, 5.41) is 3.95. The lowest BCUT2D eigenvalue weighted by molar-refractivity contribution is -0.123. The molecule has 140 valence electrons. The number of carbonyl (C=O) groups excluding carboxylic acids is 1. The predicted octanol–water partition coefficient (Wildman–Crippen LogP) is 5.36. The van der Waals surface area contributed by atoms with E-state index in [0.29, 0.717) is 5.75 Å². The summed E-state index contributed by atoms with van der Waals surface area (Å²) < 4.78 is 11.6. The average molecular weight is 371 g/mol. The number of benzene rings is 3. The fourth-order valence-electron chi connectivity index (χ4n) is 3.16. The molecule has 3 aromatic carbocycles. The molecule has 28 heavy (non-hydrogen) atoms. The number of furan rings is 1. The number of nitrogens with one attached hydrogen (secondary N) is 1. The zero-order chi connectivity index (χ0) is 19.3. The summed E-state index contributed by atoms with van der Waals surface area (Å²) in [6, 6.07) is 27.2. The third kappa shape index (κ3) is 3.91. The van der Waals surface area contributed by atoms with Crippen LogP contribution in [-0.4, -0.2) is 12.5 Å². The van der Waals surface area contributed by atoms with Crippen molar-refractivity contribution >= 4 is 16.9 Å². The molecular formula is C24H21NO3. The fourth-order valence-corrected chi connectivity index (χ4v) is 3.16. The van der Waals surface area contributed by atoms with Crippen molar-refractivity contribution in [1.29, 1.82) is 0 Å². The lowest BCUT2D eigenvalue weighted by Gasteiger charge is -2.14. The van der Waals surface area contributed by atoms with Crippen LogP contribution < -0.4 is 10.1 Å². The third-order valence-corrected chi connectivity index (χ3v) is 4.58. The van der Waals surface area contributed by atoms with Crippen LogP contribution in [-0.2, 0) is 4.79 Å². The van der Waals surface area contributed by atoms with Crippen LogP contribution in [0, 0.1) is 0 Å². The quantitative estimate of drug-likeness (QED) is 0.497. The monoisotopic (exact) mass is 371 g/mol. The highest BCUT2D eigenvalue weighted by Crippen LogP contribution is 2.29. The summed E-state index contributed by atoms with van der Waals surface area (Å²) in [5.41, 5.74) is 2.82. The minimum atomic E-state index is -0.243. The van der Waals surface area contributed by atoms with Gasteiger partial charge in [0.2, 0.25) is 0 Å². The van der Waals surface area contributed by atoms with Gasteiger partial charge in [0.15, 0.2) is 6.61 Å². The first kappa shape index (κ1) is 17.9. The first-order valence-corrected chi connectivity index (χ1v) is 9.26. The van der Waals surface area contributed by atoms with E-state index in [1.165, 1.54) is 0 Å². The molecular weight excluding hydrogens is 350 g/mol. The maximum Gasteiger partial charge on any atom is 0.258 e. The van der Waals surface area contributed by atoms with Crippen LogP contribution in [0.5, 0.6) is 5.75 Å². The molecule has 0 bridgehead atoms. The van der Waals surface area contributed by atoms with Crippen molar-refractivity contribution in [3.8, 4) is 16.9 Å². The van der Waals surface area contributed by atoms with Crippen LogP contribution in [0.15, 0.2) is 89.3 Å². The molecule has 1 heterocycles. The van der Waals surface area contributed by atoms with Gasteiger partial charge in [-0.15, -0.1) is 0 Å². The summed E-state index contributed by atoms with van der Waals surface area (Å²) in [6.45, 7) is 1.84. The Morgan fingerprint density at radius 2 is 1.68 bits per heavy atom. The van der Waals surface area contributed by atoms with E-state index >= 15 is 0 Å². The molecule has 1 aromatic heterocycles. The van der Waals surface area contributed by atoms with Crippen molar-refractivity contribution < 1.29 is 13.9 Å². The molecule has 0 unspecified atom stereocenters. The first-order chi connectivity index (χ1) is 13.7. The largest absolute Gasteiger partial charge is 0.483 e. The molecule has 4 aromatic rings. The number of ether oxygens (including phenoxy) is 1. The molecule has 1 atom stereocenters. The Labute approximate surface area is 163 Å². The van der Waals surface area contributed by atoms with Crippen molar-refractivity contribution in [3.05, 3.63) is 90.7 Å². The Balaban J connectivity index is 1.41. The minimum Gasteiger partial charge on any atom is -0.483 e. The third-order valence-electron chi connectivity index (χ3n) is 4.58. The van der Waals surface area contributed by atoms with Crippen LogP contribution in [0.4, 0.5) is 0 Å². The number of rotatable bonds is 6.